The van der Waals surface area contributed by atoms with Gasteiger partial charge in [-0.05, 0) is 88.1 Å². The maximum absolute atomic E-state index is 14.3. The van der Waals surface area contributed by atoms with Crippen LogP contribution in [0.3, 0.4) is 0 Å². The number of likely N-dealkylation sites (tertiary alicyclic amines) is 2. The Kier molecular flexibility index (Phi) is 12.1. The molecule has 0 bridgehead atoms. The van der Waals surface area contributed by atoms with Gasteiger partial charge in [-0.15, -0.1) is 0 Å². The second-order valence-electron chi connectivity index (χ2n) is 18.5. The number of amides is 4. The summed E-state index contributed by atoms with van der Waals surface area (Å²) in [5.41, 5.74) is 5.99. The largest absolute Gasteiger partial charge is 0.453 e. The van der Waals surface area contributed by atoms with Crippen LogP contribution in [0.4, 0.5) is 9.59 Å². The van der Waals surface area contributed by atoms with Gasteiger partial charge in [0.15, 0.2) is 0 Å². The average Bonchev–Trinajstić information content (AvgIpc) is 3.83. The number of rotatable bonds is 12. The Balaban J connectivity index is 0.873. The average molecular weight is 879 g/mol. The normalized spacial score (nSPS) is 21.8. The molecule has 1 aliphatic carbocycles. The van der Waals surface area contributed by atoms with Gasteiger partial charge in [0.25, 0.3) is 5.91 Å². The number of nitrogens with zero attached hydrogens (tertiary/aromatic N) is 4. The molecule has 338 valence electrons. The molecule has 5 aromatic rings. The molecule has 14 heteroatoms. The molecule has 2 saturated heterocycles. The summed E-state index contributed by atoms with van der Waals surface area (Å²) in [5.74, 6) is 1.45. The topological polar surface area (TPSA) is 170 Å². The number of aromatic amines is 1. The zero-order valence-corrected chi connectivity index (χ0v) is 37.7. The highest BCUT2D eigenvalue weighted by molar-refractivity contribution is 5.96. The van der Waals surface area contributed by atoms with Crippen LogP contribution in [0.1, 0.15) is 88.0 Å². The number of aromatic nitrogens is 2. The molecule has 4 N–H and O–H groups in total. The predicted molar refractivity (Wildman–Crippen MR) is 249 cm³/mol. The van der Waals surface area contributed by atoms with Crippen LogP contribution in [0.25, 0.3) is 33.2 Å². The number of nitrogens with one attached hydrogen (secondary N) is 4. The minimum absolute atomic E-state index is 0.0111. The minimum atomic E-state index is -0.879. The van der Waals surface area contributed by atoms with Crippen molar-refractivity contribution in [3.8, 4) is 22.4 Å². The van der Waals surface area contributed by atoms with Gasteiger partial charge in [0.05, 0.1) is 50.8 Å². The fourth-order valence-electron chi connectivity index (χ4n) is 10.1. The lowest BCUT2D eigenvalue weighted by molar-refractivity contribution is -0.135. The van der Waals surface area contributed by atoms with Gasteiger partial charge in [-0.3, -0.25) is 14.6 Å². The number of benzene rings is 4. The van der Waals surface area contributed by atoms with Crippen molar-refractivity contribution in [2.75, 3.05) is 33.9 Å². The quantitative estimate of drug-likeness (QED) is 0.0975. The molecule has 1 saturated carbocycles. The molecule has 4 amide bonds. The number of methoxy groups -OCH3 is 2. The van der Waals surface area contributed by atoms with Crippen LogP contribution in [0.15, 0.2) is 102 Å². The van der Waals surface area contributed by atoms with Gasteiger partial charge in [0.1, 0.15) is 23.7 Å². The highest BCUT2D eigenvalue weighted by Crippen LogP contribution is 2.58. The van der Waals surface area contributed by atoms with Crippen molar-refractivity contribution in [3.63, 3.8) is 0 Å². The Labute approximate surface area is 379 Å². The van der Waals surface area contributed by atoms with Crippen molar-refractivity contribution >= 4 is 40.6 Å². The van der Waals surface area contributed by atoms with Gasteiger partial charge < -0.3 is 40.2 Å². The summed E-state index contributed by atoms with van der Waals surface area (Å²) in [6.07, 6.45) is 5.32. The van der Waals surface area contributed by atoms with Gasteiger partial charge in [0.2, 0.25) is 5.91 Å². The van der Waals surface area contributed by atoms with E-state index in [1.807, 2.05) is 60.2 Å². The smallest absolute Gasteiger partial charge is 0.407 e. The molecule has 0 radical (unpaired) electrons. The molecule has 4 aliphatic rings. The Bertz CT molecular complexity index is 2610. The lowest BCUT2D eigenvalue weighted by Gasteiger charge is -2.33. The molecule has 1 spiro atoms. The molecule has 3 aliphatic heterocycles. The van der Waals surface area contributed by atoms with E-state index in [9.17, 15) is 19.2 Å². The van der Waals surface area contributed by atoms with Crippen LogP contribution in [-0.2, 0) is 19.1 Å². The van der Waals surface area contributed by atoms with Crippen LogP contribution in [-0.4, -0.2) is 95.5 Å². The SMILES string of the molecule is CCC1CCN(C(=O)[C@@H](NC(=O)OC)C(C)C)C1C1=NCC(c2ccc(-c3ccc4cc(-c5cnc([C@@H]6CC7(CC7)CN6C(=O)C(NC(=O)OC)c6ccccc6)[nH]5)ccc4c3)cc2)N1. The molecule has 1 aromatic heterocycles. The summed E-state index contributed by atoms with van der Waals surface area (Å²) in [6, 6.07) is 28.8. The lowest BCUT2D eigenvalue weighted by Crippen LogP contribution is -2.55. The Morgan fingerprint density at radius 1 is 0.831 bits per heavy atom. The van der Waals surface area contributed by atoms with Crippen molar-refractivity contribution in [2.45, 2.75) is 83.1 Å². The molecule has 4 aromatic carbocycles. The van der Waals surface area contributed by atoms with Gasteiger partial charge in [0, 0.05) is 18.7 Å². The number of H-pyrrole nitrogens is 1. The second-order valence-corrected chi connectivity index (χ2v) is 18.5. The third-order valence-corrected chi connectivity index (χ3v) is 14.1. The highest BCUT2D eigenvalue weighted by atomic mass is 16.5. The number of hydrogen-bond acceptors (Lipinski definition) is 9. The lowest BCUT2D eigenvalue weighted by atomic mass is 9.95. The van der Waals surface area contributed by atoms with E-state index >= 15 is 0 Å². The predicted octanol–water partition coefficient (Wildman–Crippen LogP) is 8.10. The van der Waals surface area contributed by atoms with E-state index in [0.29, 0.717) is 25.2 Å². The van der Waals surface area contributed by atoms with Crippen molar-refractivity contribution in [1.29, 1.82) is 0 Å². The molecule has 4 unspecified atom stereocenters. The van der Waals surface area contributed by atoms with Crippen molar-refractivity contribution < 1.29 is 28.7 Å². The summed E-state index contributed by atoms with van der Waals surface area (Å²) in [6.45, 7) is 7.82. The first kappa shape index (κ1) is 43.5. The molecule has 6 atom stereocenters. The van der Waals surface area contributed by atoms with Gasteiger partial charge in [-0.2, -0.15) is 0 Å². The zero-order valence-electron chi connectivity index (χ0n) is 37.7. The van der Waals surface area contributed by atoms with Crippen LogP contribution in [0.2, 0.25) is 0 Å². The maximum Gasteiger partial charge on any atom is 0.407 e. The molecule has 4 heterocycles. The van der Waals surface area contributed by atoms with Crippen molar-refractivity contribution in [3.05, 3.63) is 114 Å². The van der Waals surface area contributed by atoms with E-state index in [1.165, 1.54) is 14.2 Å². The molecule has 14 nitrogen and oxygen atoms in total. The first-order valence-corrected chi connectivity index (χ1v) is 22.8. The highest BCUT2D eigenvalue weighted by Gasteiger charge is 2.55. The number of amidine groups is 1. The van der Waals surface area contributed by atoms with E-state index in [2.05, 4.69) is 88.5 Å². The maximum atomic E-state index is 14.3. The van der Waals surface area contributed by atoms with E-state index in [4.69, 9.17) is 19.5 Å². The summed E-state index contributed by atoms with van der Waals surface area (Å²) in [4.78, 5) is 69.8. The van der Waals surface area contributed by atoms with Crippen LogP contribution in [0.5, 0.6) is 0 Å². The summed E-state index contributed by atoms with van der Waals surface area (Å²) in [5, 5.41) is 11.4. The van der Waals surface area contributed by atoms with Gasteiger partial charge >= 0.3 is 12.2 Å². The fraction of sp³-hybridized carbons (Fsp3) is 0.412. The van der Waals surface area contributed by atoms with Crippen LogP contribution >= 0.6 is 0 Å². The Morgan fingerprint density at radius 2 is 1.51 bits per heavy atom. The number of imidazole rings is 1. The van der Waals surface area contributed by atoms with Crippen molar-refractivity contribution in [2.24, 2.45) is 22.2 Å². The summed E-state index contributed by atoms with van der Waals surface area (Å²) in [7, 11) is 2.61. The first-order chi connectivity index (χ1) is 31.5. The third-order valence-electron chi connectivity index (χ3n) is 14.1. The number of aliphatic imine (C=N–C) groups is 1. The number of alkyl carbamates (subject to hydrolysis) is 2. The molecule has 9 rings (SSSR count). The molecular weight excluding hydrogens is 821 g/mol. The van der Waals surface area contributed by atoms with Gasteiger partial charge in [-0.25, -0.2) is 14.6 Å². The van der Waals surface area contributed by atoms with Crippen LogP contribution in [0, 0.1) is 17.3 Å². The van der Waals surface area contributed by atoms with E-state index in [1.54, 1.807) is 0 Å². The molecule has 3 fully saturated rings. The van der Waals surface area contributed by atoms with Gasteiger partial charge in [-0.1, -0.05) is 106 Å². The van der Waals surface area contributed by atoms with Crippen molar-refractivity contribution in [1.82, 2.24) is 35.7 Å². The minimum Gasteiger partial charge on any atom is -0.453 e. The van der Waals surface area contributed by atoms with Crippen LogP contribution < -0.4 is 16.0 Å². The monoisotopic (exact) mass is 878 g/mol. The summed E-state index contributed by atoms with van der Waals surface area (Å²) < 4.78 is 9.72. The summed E-state index contributed by atoms with van der Waals surface area (Å²) >= 11 is 0. The third kappa shape index (κ3) is 8.78. The number of hydrogen-bond donors (Lipinski definition) is 4. The first-order valence-electron chi connectivity index (χ1n) is 22.8. The second kappa shape index (κ2) is 18.1. The molecular formula is C51H58N8O6. The Hall–Kier alpha value is -6.70. The number of fused-ring (bicyclic) bond motifs is 1. The van der Waals surface area contributed by atoms with E-state index in [0.717, 1.165) is 82.5 Å². The number of ether oxygens (including phenoxy) is 2. The standard InChI is InChI=1S/C51H58N8O6/c1-6-31-20-23-58(47(60)42(30(2)3)56-49(62)64-4)44(31)46-53-27-39(55-46)33-14-12-32(13-15-33)35-16-17-37-25-38(19-18-36(37)24-35)40-28-52-45(54-40)41-26-51(21-22-51)29-59(41)48(61)43(57-50(63)65-5)34-10-8-7-9-11-34/h7-19,24-25,28,30-31,39,41-44H,6,20-23,26-27,29H2,1-5H3,(H,52,54)(H,53,55)(H,56,62)(H,57,63)/t31?,39?,41-,42-,43?,44?/m0/s1. The number of carbonyl (C=O) groups excluding carboxylic acids is 4. The fourth-order valence-corrected chi connectivity index (χ4v) is 10.1. The van der Waals surface area contributed by atoms with E-state index in [-0.39, 0.29) is 47.2 Å². The molecule has 65 heavy (non-hydrogen) atoms. The Morgan fingerprint density at radius 3 is 2.18 bits per heavy atom. The van der Waals surface area contributed by atoms with E-state index < -0.39 is 24.3 Å². The number of carbonyl (C=O) groups is 4. The zero-order chi connectivity index (χ0) is 45.4.